The van der Waals surface area contributed by atoms with Crippen LogP contribution < -0.4 is 0 Å². The van der Waals surface area contributed by atoms with Gasteiger partial charge in [0, 0.05) is 23.2 Å². The average Bonchev–Trinajstić information content (AvgIpc) is 3.35. The van der Waals surface area contributed by atoms with E-state index >= 15 is 0 Å². The van der Waals surface area contributed by atoms with Crippen LogP contribution in [0.3, 0.4) is 0 Å². The molecule has 2 aromatic heterocycles. The smallest absolute Gasteiger partial charge is 0.145 e. The molecule has 1 aliphatic carbocycles. The fourth-order valence-corrected chi connectivity index (χ4v) is 5.96. The lowest BCUT2D eigenvalue weighted by Gasteiger charge is -2.36. The van der Waals surface area contributed by atoms with E-state index in [9.17, 15) is 0 Å². The summed E-state index contributed by atoms with van der Waals surface area (Å²) in [5.74, 6) is 0. The Labute approximate surface area is 189 Å². The molecule has 2 heteroatoms. The minimum absolute atomic E-state index is 0.526. The molecule has 2 nitrogen and oxygen atoms in total. The normalized spacial score (nSPS) is 16.2. The van der Waals surface area contributed by atoms with Gasteiger partial charge in [0.25, 0.3) is 0 Å². The first-order valence-corrected chi connectivity index (χ1v) is 12.1. The summed E-state index contributed by atoms with van der Waals surface area (Å²) in [6.45, 7) is 2.39. The Bertz CT molecular complexity index is 1400. The van der Waals surface area contributed by atoms with Crippen LogP contribution in [0.5, 0.6) is 0 Å². The van der Waals surface area contributed by atoms with Gasteiger partial charge in [0.1, 0.15) is 5.65 Å². The number of benzene rings is 3. The first-order valence-electron chi connectivity index (χ1n) is 12.1. The fraction of sp³-hybridized carbons (Fsp3) is 0.300. The second kappa shape index (κ2) is 7.78. The van der Waals surface area contributed by atoms with Gasteiger partial charge in [-0.3, -0.25) is 4.40 Å². The zero-order valence-corrected chi connectivity index (χ0v) is 18.8. The van der Waals surface area contributed by atoms with Crippen molar-refractivity contribution >= 4 is 27.3 Å². The van der Waals surface area contributed by atoms with Crippen molar-refractivity contribution in [2.24, 2.45) is 5.41 Å². The number of pyridine rings is 1. The van der Waals surface area contributed by atoms with Crippen LogP contribution in [0.4, 0.5) is 0 Å². The van der Waals surface area contributed by atoms with E-state index in [0.717, 1.165) is 5.65 Å². The third-order valence-electron chi connectivity index (χ3n) is 7.89. The molecule has 0 amide bonds. The maximum atomic E-state index is 4.61. The van der Waals surface area contributed by atoms with Crippen LogP contribution >= 0.6 is 0 Å². The van der Waals surface area contributed by atoms with Crippen LogP contribution in [0.2, 0.25) is 0 Å². The number of fused-ring (bicyclic) bond motifs is 6. The number of aromatic nitrogens is 2. The van der Waals surface area contributed by atoms with Crippen LogP contribution in [0, 0.1) is 5.41 Å². The Morgan fingerprint density at radius 3 is 2.34 bits per heavy atom. The summed E-state index contributed by atoms with van der Waals surface area (Å²) in [6.07, 6.45) is 13.5. The highest BCUT2D eigenvalue weighted by Gasteiger charge is 2.30. The first kappa shape index (κ1) is 19.5. The van der Waals surface area contributed by atoms with Gasteiger partial charge in [-0.25, -0.2) is 4.98 Å². The molecule has 5 aromatic rings. The van der Waals surface area contributed by atoms with Crippen molar-refractivity contribution in [2.45, 2.75) is 51.9 Å². The molecule has 0 spiro atoms. The van der Waals surface area contributed by atoms with Crippen LogP contribution in [0.25, 0.3) is 38.4 Å². The SMILES string of the molecule is CCC1(Cc2ccc(-c3ccc4c(c3)c3ccccc3c3nccn43)cc2)CCCCC1. The lowest BCUT2D eigenvalue weighted by molar-refractivity contribution is 0.179. The zero-order valence-electron chi connectivity index (χ0n) is 18.8. The third-order valence-corrected chi connectivity index (χ3v) is 7.89. The molecule has 0 unspecified atom stereocenters. The van der Waals surface area contributed by atoms with Gasteiger partial charge in [0.15, 0.2) is 0 Å². The van der Waals surface area contributed by atoms with Gasteiger partial charge in [0.05, 0.1) is 5.52 Å². The Morgan fingerprint density at radius 1 is 0.812 bits per heavy atom. The molecule has 0 atom stereocenters. The van der Waals surface area contributed by atoms with E-state index in [4.69, 9.17) is 0 Å². The van der Waals surface area contributed by atoms with E-state index < -0.39 is 0 Å². The molecular weight excluding hydrogens is 388 g/mol. The molecular formula is C30H30N2. The van der Waals surface area contributed by atoms with Gasteiger partial charge in [-0.05, 0) is 58.9 Å². The lowest BCUT2D eigenvalue weighted by atomic mass is 9.69. The minimum Gasteiger partial charge on any atom is -0.299 e. The molecule has 0 bridgehead atoms. The van der Waals surface area contributed by atoms with Crippen molar-refractivity contribution in [2.75, 3.05) is 0 Å². The molecule has 6 rings (SSSR count). The van der Waals surface area contributed by atoms with Crippen LogP contribution in [-0.4, -0.2) is 9.38 Å². The van der Waals surface area contributed by atoms with E-state index in [1.807, 2.05) is 6.20 Å². The van der Waals surface area contributed by atoms with E-state index in [-0.39, 0.29) is 0 Å². The summed E-state index contributed by atoms with van der Waals surface area (Å²) in [6, 6.07) is 24.8. The second-order valence-electron chi connectivity index (χ2n) is 9.69. The quantitative estimate of drug-likeness (QED) is 0.269. The molecule has 0 saturated heterocycles. The zero-order chi connectivity index (χ0) is 21.5. The predicted octanol–water partition coefficient (Wildman–Crippen LogP) is 8.21. The van der Waals surface area contributed by atoms with E-state index in [1.54, 1.807) is 0 Å². The van der Waals surface area contributed by atoms with Gasteiger partial charge < -0.3 is 0 Å². The van der Waals surface area contributed by atoms with Gasteiger partial charge in [0.2, 0.25) is 0 Å². The largest absolute Gasteiger partial charge is 0.299 e. The number of imidazole rings is 1. The van der Waals surface area contributed by atoms with Gasteiger partial charge >= 0.3 is 0 Å². The molecule has 1 fully saturated rings. The van der Waals surface area contributed by atoms with Crippen molar-refractivity contribution in [3.05, 3.63) is 84.7 Å². The first-order chi connectivity index (χ1) is 15.8. The molecule has 3 aromatic carbocycles. The fourth-order valence-electron chi connectivity index (χ4n) is 5.96. The van der Waals surface area contributed by atoms with E-state index in [0.29, 0.717) is 5.41 Å². The number of rotatable bonds is 4. The molecule has 1 aliphatic rings. The highest BCUT2D eigenvalue weighted by Crippen LogP contribution is 2.42. The lowest BCUT2D eigenvalue weighted by Crippen LogP contribution is -2.25. The summed E-state index contributed by atoms with van der Waals surface area (Å²) in [4.78, 5) is 4.61. The highest BCUT2D eigenvalue weighted by molar-refractivity contribution is 6.12. The summed E-state index contributed by atoms with van der Waals surface area (Å²) >= 11 is 0. The second-order valence-corrected chi connectivity index (χ2v) is 9.69. The summed E-state index contributed by atoms with van der Waals surface area (Å²) in [7, 11) is 0. The number of nitrogens with zero attached hydrogens (tertiary/aromatic N) is 2. The molecule has 0 radical (unpaired) electrons. The minimum atomic E-state index is 0.526. The van der Waals surface area contributed by atoms with Gasteiger partial charge in [-0.15, -0.1) is 0 Å². The summed E-state index contributed by atoms with van der Waals surface area (Å²) in [5.41, 5.74) is 6.81. The Balaban J connectivity index is 1.39. The molecule has 0 aliphatic heterocycles. The Hall–Kier alpha value is -3.13. The summed E-state index contributed by atoms with van der Waals surface area (Å²) in [5, 5.41) is 3.75. The predicted molar refractivity (Wildman–Crippen MR) is 135 cm³/mol. The van der Waals surface area contributed by atoms with Gasteiger partial charge in [-0.1, -0.05) is 87.2 Å². The van der Waals surface area contributed by atoms with Crippen molar-refractivity contribution in [1.82, 2.24) is 9.38 Å². The summed E-state index contributed by atoms with van der Waals surface area (Å²) < 4.78 is 2.21. The van der Waals surface area contributed by atoms with E-state index in [2.05, 4.69) is 89.2 Å². The van der Waals surface area contributed by atoms with Crippen LogP contribution in [0.1, 0.15) is 51.0 Å². The molecule has 32 heavy (non-hydrogen) atoms. The molecule has 160 valence electrons. The topological polar surface area (TPSA) is 17.3 Å². The van der Waals surface area contributed by atoms with Crippen molar-refractivity contribution in [3.8, 4) is 11.1 Å². The standard InChI is InChI=1S/C30H30N2/c1-2-30(16-6-3-7-17-30)21-22-10-12-23(13-11-22)24-14-15-28-27(20-24)25-8-4-5-9-26(25)29-31-18-19-32(28)29/h4-5,8-15,18-20H,2-3,6-7,16-17,21H2,1H3. The van der Waals surface area contributed by atoms with Gasteiger partial charge in [-0.2, -0.15) is 0 Å². The van der Waals surface area contributed by atoms with Crippen LogP contribution in [-0.2, 0) is 6.42 Å². The van der Waals surface area contributed by atoms with E-state index in [1.165, 1.54) is 83.3 Å². The van der Waals surface area contributed by atoms with Crippen LogP contribution in [0.15, 0.2) is 79.1 Å². The molecule has 2 heterocycles. The van der Waals surface area contributed by atoms with Crippen molar-refractivity contribution in [1.29, 1.82) is 0 Å². The third kappa shape index (κ3) is 3.21. The molecule has 0 N–H and O–H groups in total. The van der Waals surface area contributed by atoms with Crippen molar-refractivity contribution in [3.63, 3.8) is 0 Å². The highest BCUT2D eigenvalue weighted by atomic mass is 15.0. The molecule has 1 saturated carbocycles. The maximum absolute atomic E-state index is 4.61. The monoisotopic (exact) mass is 418 g/mol. The Kier molecular flexibility index (Phi) is 4.75. The maximum Gasteiger partial charge on any atom is 0.145 e. The number of hydrogen-bond acceptors (Lipinski definition) is 1. The Morgan fingerprint density at radius 2 is 1.56 bits per heavy atom. The average molecular weight is 419 g/mol. The number of hydrogen-bond donors (Lipinski definition) is 0. The van der Waals surface area contributed by atoms with Crippen molar-refractivity contribution < 1.29 is 0 Å².